The summed E-state index contributed by atoms with van der Waals surface area (Å²) in [5, 5.41) is 0.516. The smallest absolute Gasteiger partial charge is 0.330 e. The van der Waals surface area contributed by atoms with Crippen LogP contribution in [0.1, 0.15) is 40.0 Å². The van der Waals surface area contributed by atoms with Crippen molar-refractivity contribution < 1.29 is 24.0 Å². The van der Waals surface area contributed by atoms with Crippen LogP contribution in [0.15, 0.2) is 0 Å². The van der Waals surface area contributed by atoms with Gasteiger partial charge in [-0.3, -0.25) is 9.59 Å². The number of amides is 2. The molecular formula is C10H15NO5. The average molecular weight is 229 g/mol. The first kappa shape index (κ1) is 14.3. The molecule has 1 aliphatic heterocycles. The molecule has 1 rings (SSSR count). The highest BCUT2D eigenvalue weighted by molar-refractivity contribution is 6.01. The van der Waals surface area contributed by atoms with E-state index >= 15 is 0 Å². The Bertz CT molecular complexity index is 294. The largest absolute Gasteiger partial charge is 0.331 e. The molecule has 1 heterocycles. The Morgan fingerprint density at radius 2 is 1.56 bits per heavy atom. The molecule has 0 radical (unpaired) electrons. The molecule has 0 saturated carbocycles. The van der Waals surface area contributed by atoms with E-state index in [2.05, 4.69) is 4.84 Å². The van der Waals surface area contributed by atoms with Gasteiger partial charge in [-0.25, -0.2) is 4.79 Å². The molecule has 0 aromatic rings. The highest BCUT2D eigenvalue weighted by Crippen LogP contribution is 2.11. The Balaban J connectivity index is 0.000000385. The fraction of sp³-hybridized carbons (Fsp3) is 0.600. The van der Waals surface area contributed by atoms with Gasteiger partial charge in [0.05, 0.1) is 0 Å². The van der Waals surface area contributed by atoms with Crippen LogP contribution >= 0.6 is 0 Å². The van der Waals surface area contributed by atoms with Gasteiger partial charge in [0.2, 0.25) is 0 Å². The van der Waals surface area contributed by atoms with Crippen LogP contribution in [0, 0.1) is 0 Å². The fourth-order valence-electron chi connectivity index (χ4n) is 0.786. The number of hydrogen-bond acceptors (Lipinski definition) is 5. The third kappa shape index (κ3) is 5.23. The number of hydrogen-bond donors (Lipinski definition) is 0. The van der Waals surface area contributed by atoms with Gasteiger partial charge in [0.15, 0.2) is 0 Å². The normalized spacial score (nSPS) is 14.3. The van der Waals surface area contributed by atoms with E-state index in [-0.39, 0.29) is 18.6 Å². The lowest BCUT2D eigenvalue weighted by molar-refractivity contribution is -0.195. The summed E-state index contributed by atoms with van der Waals surface area (Å²) >= 11 is 0. The van der Waals surface area contributed by atoms with Crippen LogP contribution in [0.25, 0.3) is 0 Å². The number of ketones is 1. The van der Waals surface area contributed by atoms with E-state index < -0.39 is 17.8 Å². The van der Waals surface area contributed by atoms with Crippen molar-refractivity contribution in [3.8, 4) is 0 Å². The summed E-state index contributed by atoms with van der Waals surface area (Å²) in [5.41, 5.74) is 0. The average Bonchev–Trinajstić information content (AvgIpc) is 2.50. The minimum atomic E-state index is -0.659. The highest BCUT2D eigenvalue weighted by Gasteiger charge is 2.31. The summed E-state index contributed by atoms with van der Waals surface area (Å²) in [4.78, 5) is 46.0. The molecular weight excluding hydrogens is 214 g/mol. The Morgan fingerprint density at radius 3 is 1.81 bits per heavy atom. The first-order valence-electron chi connectivity index (χ1n) is 4.92. The third-order valence-corrected chi connectivity index (χ3v) is 1.72. The third-order valence-electron chi connectivity index (χ3n) is 1.72. The van der Waals surface area contributed by atoms with Crippen molar-refractivity contribution in [3.05, 3.63) is 0 Å². The van der Waals surface area contributed by atoms with Crippen LogP contribution < -0.4 is 0 Å². The van der Waals surface area contributed by atoms with E-state index in [4.69, 9.17) is 0 Å². The van der Waals surface area contributed by atoms with E-state index in [1.807, 2.05) is 6.92 Å². The van der Waals surface area contributed by atoms with Crippen molar-refractivity contribution in [2.75, 3.05) is 0 Å². The second-order valence-electron chi connectivity index (χ2n) is 3.22. The van der Waals surface area contributed by atoms with Crippen molar-refractivity contribution in [2.24, 2.45) is 0 Å². The molecule has 90 valence electrons. The molecule has 0 atom stereocenters. The zero-order valence-corrected chi connectivity index (χ0v) is 9.61. The molecule has 1 fully saturated rings. The van der Waals surface area contributed by atoms with Gasteiger partial charge in [0.1, 0.15) is 5.78 Å². The van der Waals surface area contributed by atoms with Gasteiger partial charge in [-0.15, -0.1) is 5.06 Å². The van der Waals surface area contributed by atoms with Crippen LogP contribution in [-0.4, -0.2) is 28.6 Å². The van der Waals surface area contributed by atoms with Crippen molar-refractivity contribution >= 4 is 23.6 Å². The number of carbonyl (C=O) groups excluding carboxylic acids is 4. The van der Waals surface area contributed by atoms with Gasteiger partial charge >= 0.3 is 5.97 Å². The lowest BCUT2D eigenvalue weighted by atomic mass is 10.4. The maximum atomic E-state index is 10.7. The summed E-state index contributed by atoms with van der Waals surface area (Å²) in [6.45, 7) is 4.57. The molecule has 0 N–H and O–H groups in total. The minimum Gasteiger partial charge on any atom is -0.331 e. The predicted octanol–water partition coefficient (Wildman–Crippen LogP) is 0.599. The Labute approximate surface area is 93.5 Å². The predicted molar refractivity (Wildman–Crippen MR) is 53.8 cm³/mol. The minimum absolute atomic E-state index is 0.131. The molecule has 0 unspecified atom stereocenters. The zero-order valence-electron chi connectivity index (χ0n) is 9.61. The van der Waals surface area contributed by atoms with Gasteiger partial charge in [-0.05, 0) is 6.92 Å². The molecule has 0 bridgehead atoms. The second-order valence-corrected chi connectivity index (χ2v) is 3.22. The van der Waals surface area contributed by atoms with E-state index in [0.29, 0.717) is 11.5 Å². The van der Waals surface area contributed by atoms with Crippen molar-refractivity contribution in [1.29, 1.82) is 0 Å². The summed E-state index contributed by atoms with van der Waals surface area (Å²) in [5.74, 6) is -1.31. The molecule has 0 aliphatic carbocycles. The van der Waals surface area contributed by atoms with Crippen LogP contribution in [0.4, 0.5) is 0 Å². The fourth-order valence-corrected chi connectivity index (χ4v) is 0.786. The van der Waals surface area contributed by atoms with E-state index in [9.17, 15) is 19.2 Å². The lowest BCUT2D eigenvalue weighted by Crippen LogP contribution is -2.30. The van der Waals surface area contributed by atoms with Crippen LogP contribution in [0.2, 0.25) is 0 Å². The SMILES string of the molecule is CC(=O)ON1C(=O)CCC1=O.CCC(C)=O. The molecule has 2 amide bonds. The van der Waals surface area contributed by atoms with Crippen LogP contribution in [-0.2, 0) is 24.0 Å². The first-order chi connectivity index (χ1) is 7.38. The summed E-state index contributed by atoms with van der Waals surface area (Å²) < 4.78 is 0. The number of nitrogens with zero attached hydrogens (tertiary/aromatic N) is 1. The number of carbonyl (C=O) groups is 4. The standard InChI is InChI=1S/C6H7NO4.C4H8O/c1-4(8)11-7-5(9)2-3-6(7)10;1-3-4(2)5/h2-3H2,1H3;3H2,1-2H3. The number of Topliss-reactive ketones (excluding diaryl/α,β-unsaturated/α-hetero) is 1. The molecule has 0 spiro atoms. The molecule has 0 aromatic heterocycles. The van der Waals surface area contributed by atoms with Gasteiger partial charge in [-0.2, -0.15) is 0 Å². The maximum Gasteiger partial charge on any atom is 0.330 e. The first-order valence-corrected chi connectivity index (χ1v) is 4.92. The quantitative estimate of drug-likeness (QED) is 0.647. The maximum absolute atomic E-state index is 10.7. The number of imide groups is 1. The van der Waals surface area contributed by atoms with Gasteiger partial charge < -0.3 is 9.63 Å². The number of hydroxylamine groups is 2. The zero-order chi connectivity index (χ0) is 12.7. The molecule has 0 aromatic carbocycles. The van der Waals surface area contributed by atoms with Crippen molar-refractivity contribution in [3.63, 3.8) is 0 Å². The van der Waals surface area contributed by atoms with Gasteiger partial charge in [0.25, 0.3) is 11.8 Å². The molecule has 6 heteroatoms. The monoisotopic (exact) mass is 229 g/mol. The Hall–Kier alpha value is -1.72. The van der Waals surface area contributed by atoms with E-state index in [1.165, 1.54) is 0 Å². The topological polar surface area (TPSA) is 80.8 Å². The van der Waals surface area contributed by atoms with E-state index in [0.717, 1.165) is 6.92 Å². The van der Waals surface area contributed by atoms with Crippen LogP contribution in [0.5, 0.6) is 0 Å². The van der Waals surface area contributed by atoms with E-state index in [1.54, 1.807) is 6.92 Å². The Morgan fingerprint density at radius 1 is 1.19 bits per heavy atom. The number of rotatable bonds is 2. The van der Waals surface area contributed by atoms with Gasteiger partial charge in [-0.1, -0.05) is 6.92 Å². The Kier molecular flexibility index (Phi) is 5.99. The molecule has 16 heavy (non-hydrogen) atoms. The highest BCUT2D eigenvalue weighted by atomic mass is 16.7. The molecule has 1 aliphatic rings. The second kappa shape index (κ2) is 6.71. The summed E-state index contributed by atoms with van der Waals surface area (Å²) in [7, 11) is 0. The van der Waals surface area contributed by atoms with Gasteiger partial charge in [0, 0.05) is 26.2 Å². The lowest BCUT2D eigenvalue weighted by Gasteiger charge is -2.09. The van der Waals surface area contributed by atoms with Crippen molar-refractivity contribution in [2.45, 2.75) is 40.0 Å². The summed E-state index contributed by atoms with van der Waals surface area (Å²) in [6, 6.07) is 0. The van der Waals surface area contributed by atoms with Crippen molar-refractivity contribution in [1.82, 2.24) is 5.06 Å². The van der Waals surface area contributed by atoms with Crippen LogP contribution in [0.3, 0.4) is 0 Å². The molecule has 6 nitrogen and oxygen atoms in total. The summed E-state index contributed by atoms with van der Waals surface area (Å²) in [6.07, 6.45) is 0.929. The molecule has 1 saturated heterocycles.